The van der Waals surface area contributed by atoms with Crippen LogP contribution in [-0.2, 0) is 34.5 Å². The van der Waals surface area contributed by atoms with E-state index in [0.29, 0.717) is 24.9 Å². The van der Waals surface area contributed by atoms with Gasteiger partial charge in [0.2, 0.25) is 0 Å². The highest BCUT2D eigenvalue weighted by Crippen LogP contribution is 2.49. The van der Waals surface area contributed by atoms with E-state index in [1.807, 2.05) is 0 Å². The van der Waals surface area contributed by atoms with Crippen molar-refractivity contribution in [1.82, 2.24) is 5.32 Å². The minimum Gasteiger partial charge on any atom is -0.480 e. The first kappa shape index (κ1) is 29.9. The molecule has 4 N–H and O–H groups in total. The molecule has 1 saturated heterocycles. The summed E-state index contributed by atoms with van der Waals surface area (Å²) in [5, 5.41) is 11.5. The molecule has 2 rings (SSSR count). The molecule has 34 heavy (non-hydrogen) atoms. The fourth-order valence-electron chi connectivity index (χ4n) is 2.78. The van der Waals surface area contributed by atoms with E-state index in [2.05, 4.69) is 5.32 Å². The lowest BCUT2D eigenvalue weighted by atomic mass is 10.1. The minimum atomic E-state index is -3.68. The zero-order chi connectivity index (χ0) is 25.2. The molecule has 1 heterocycles. The van der Waals surface area contributed by atoms with Crippen LogP contribution in [0.25, 0.3) is 0 Å². The first-order valence-corrected chi connectivity index (χ1v) is 12.9. The maximum atomic E-state index is 12.3. The number of carboxylic acid groups (broad SMARTS) is 1. The van der Waals surface area contributed by atoms with Gasteiger partial charge in [-0.2, -0.15) is 0 Å². The van der Waals surface area contributed by atoms with Crippen molar-refractivity contribution in [3.05, 3.63) is 29.8 Å². The number of unbranched alkanes of at least 4 members (excludes halogenated alkanes) is 1. The van der Waals surface area contributed by atoms with E-state index in [-0.39, 0.29) is 32.0 Å². The number of hydrogen-bond donors (Lipinski definition) is 3. The monoisotopic (exact) mass is 504 g/mol. The summed E-state index contributed by atoms with van der Waals surface area (Å²) < 4.78 is 37.7. The van der Waals surface area contributed by atoms with E-state index in [0.717, 1.165) is 13.2 Å². The summed E-state index contributed by atoms with van der Waals surface area (Å²) in [5.41, 5.74) is 6.01. The molecule has 1 aliphatic heterocycles. The van der Waals surface area contributed by atoms with E-state index < -0.39 is 25.9 Å². The van der Waals surface area contributed by atoms with Gasteiger partial charge in [-0.25, -0.2) is 14.2 Å². The van der Waals surface area contributed by atoms with Gasteiger partial charge in [-0.1, -0.05) is 12.1 Å². The van der Waals surface area contributed by atoms with Crippen molar-refractivity contribution in [2.45, 2.75) is 58.6 Å². The molecule has 1 amide bonds. The lowest BCUT2D eigenvalue weighted by Crippen LogP contribution is -2.41. The number of phosphoric ester groups is 1. The van der Waals surface area contributed by atoms with Crippen molar-refractivity contribution in [1.29, 1.82) is 0 Å². The van der Waals surface area contributed by atoms with Crippen molar-refractivity contribution >= 4 is 19.9 Å². The maximum Gasteiger partial charge on any atom is 0.530 e. The predicted molar refractivity (Wildman–Crippen MR) is 126 cm³/mol. The third-order valence-corrected chi connectivity index (χ3v) is 6.03. The van der Waals surface area contributed by atoms with Crippen LogP contribution in [0.5, 0.6) is 5.75 Å². The molecule has 1 fully saturated rings. The lowest BCUT2D eigenvalue weighted by molar-refractivity contribution is -0.139. The maximum absolute atomic E-state index is 12.3. The Hall–Kier alpha value is -2.17. The van der Waals surface area contributed by atoms with Gasteiger partial charge in [-0.05, 0) is 70.2 Å². The highest BCUT2D eigenvalue weighted by Gasteiger charge is 2.27. The molecule has 1 aromatic carbocycles. The van der Waals surface area contributed by atoms with Crippen LogP contribution in [0.4, 0.5) is 4.79 Å². The van der Waals surface area contributed by atoms with Crippen LogP contribution < -0.4 is 15.6 Å². The zero-order valence-corrected chi connectivity index (χ0v) is 20.8. The van der Waals surface area contributed by atoms with Gasteiger partial charge < -0.3 is 30.2 Å². The number of nitrogens with two attached hydrogens (primary N) is 1. The number of amides is 1. The van der Waals surface area contributed by atoms with Crippen molar-refractivity contribution < 1.29 is 42.3 Å². The first-order valence-electron chi connectivity index (χ1n) is 11.4. The van der Waals surface area contributed by atoms with Gasteiger partial charge in [0.1, 0.15) is 18.4 Å². The van der Waals surface area contributed by atoms with Crippen LogP contribution in [0.15, 0.2) is 24.3 Å². The number of carbonyl (C=O) groups excluding carboxylic acids is 1. The summed E-state index contributed by atoms with van der Waals surface area (Å²) in [6.45, 7) is 6.07. The second-order valence-corrected chi connectivity index (χ2v) is 8.83. The molecule has 11 nitrogen and oxygen atoms in total. The van der Waals surface area contributed by atoms with Crippen LogP contribution in [0, 0.1) is 0 Å². The Morgan fingerprint density at radius 3 is 2.21 bits per heavy atom. The van der Waals surface area contributed by atoms with Gasteiger partial charge in [-0.3, -0.25) is 9.05 Å². The SMILES string of the molecule is C1CCOC1.CCOP(=O)(OCC)Oc1ccc(COC(=O)N[C@@H](CCCCN)C(=O)O)cc1. The van der Waals surface area contributed by atoms with Crippen molar-refractivity contribution in [3.63, 3.8) is 0 Å². The number of benzene rings is 1. The van der Waals surface area contributed by atoms with E-state index in [9.17, 15) is 14.2 Å². The van der Waals surface area contributed by atoms with Crippen LogP contribution in [-0.4, -0.2) is 56.2 Å². The first-order chi connectivity index (χ1) is 16.3. The van der Waals surface area contributed by atoms with Gasteiger partial charge in [0, 0.05) is 13.2 Å². The topological polar surface area (TPSA) is 156 Å². The smallest absolute Gasteiger partial charge is 0.480 e. The summed E-state index contributed by atoms with van der Waals surface area (Å²) >= 11 is 0. The van der Waals surface area contributed by atoms with Gasteiger partial charge in [0.15, 0.2) is 0 Å². The van der Waals surface area contributed by atoms with Crippen molar-refractivity contribution in [3.8, 4) is 5.75 Å². The fourth-order valence-corrected chi connectivity index (χ4v) is 3.97. The quantitative estimate of drug-likeness (QED) is 0.251. The zero-order valence-electron chi connectivity index (χ0n) is 19.9. The van der Waals surface area contributed by atoms with Crippen LogP contribution in [0.3, 0.4) is 0 Å². The molecular formula is C22H37N2O9P. The van der Waals surface area contributed by atoms with Crippen LogP contribution in [0.2, 0.25) is 0 Å². The highest BCUT2D eigenvalue weighted by molar-refractivity contribution is 7.48. The second-order valence-electron chi connectivity index (χ2n) is 7.23. The Morgan fingerprint density at radius 1 is 1.12 bits per heavy atom. The van der Waals surface area contributed by atoms with Crippen LogP contribution in [0.1, 0.15) is 51.5 Å². The van der Waals surface area contributed by atoms with Gasteiger partial charge >= 0.3 is 19.9 Å². The summed E-state index contributed by atoms with van der Waals surface area (Å²) in [6, 6.07) is 5.26. The molecular weight excluding hydrogens is 467 g/mol. The van der Waals surface area contributed by atoms with E-state index in [1.54, 1.807) is 26.0 Å². The predicted octanol–water partition coefficient (Wildman–Crippen LogP) is 3.85. The van der Waals surface area contributed by atoms with Gasteiger partial charge in [-0.15, -0.1) is 0 Å². The molecule has 1 atom stereocenters. The molecule has 1 aliphatic rings. The number of hydrogen-bond acceptors (Lipinski definition) is 9. The summed E-state index contributed by atoms with van der Waals surface area (Å²) in [6.07, 6.45) is 3.26. The molecule has 0 saturated carbocycles. The number of phosphoric acid groups is 1. The lowest BCUT2D eigenvalue weighted by Gasteiger charge is -2.17. The number of nitrogens with one attached hydrogen (secondary N) is 1. The van der Waals surface area contributed by atoms with E-state index in [4.69, 9.17) is 33.9 Å². The van der Waals surface area contributed by atoms with Crippen molar-refractivity contribution in [2.75, 3.05) is 33.0 Å². The summed E-state index contributed by atoms with van der Waals surface area (Å²) in [4.78, 5) is 23.0. The number of alkyl carbamates (subject to hydrolysis) is 1. The molecule has 0 spiro atoms. The van der Waals surface area contributed by atoms with Crippen molar-refractivity contribution in [2.24, 2.45) is 5.73 Å². The Bertz CT molecular complexity index is 740. The molecule has 1 aromatic rings. The van der Waals surface area contributed by atoms with Gasteiger partial charge in [0.25, 0.3) is 0 Å². The Labute approximate surface area is 200 Å². The number of ether oxygens (including phenoxy) is 2. The summed E-state index contributed by atoms with van der Waals surface area (Å²) in [7, 11) is -3.68. The average Bonchev–Trinajstić information content (AvgIpc) is 3.38. The molecule has 0 unspecified atom stereocenters. The minimum absolute atomic E-state index is 0.0736. The molecule has 0 radical (unpaired) electrons. The van der Waals surface area contributed by atoms with E-state index >= 15 is 0 Å². The van der Waals surface area contributed by atoms with E-state index in [1.165, 1.54) is 25.0 Å². The molecule has 12 heteroatoms. The van der Waals surface area contributed by atoms with Gasteiger partial charge in [0.05, 0.1) is 13.2 Å². The normalized spacial score (nSPS) is 14.0. The average molecular weight is 505 g/mol. The van der Waals surface area contributed by atoms with Crippen LogP contribution >= 0.6 is 7.82 Å². The molecule has 0 aromatic heterocycles. The molecule has 0 bridgehead atoms. The Kier molecular flexibility index (Phi) is 15.2. The third kappa shape index (κ3) is 12.9. The number of carboxylic acids is 1. The summed E-state index contributed by atoms with van der Waals surface area (Å²) in [5.74, 6) is -0.859. The standard InChI is InChI=1S/C18H29N2O8P.C4H8O/c1-3-26-29(24,27-4-2)28-15-10-8-14(9-11-15)13-25-18(23)20-16(17(21)22)7-5-6-12-19;1-2-4-5-3-1/h8-11,16H,3-7,12-13,19H2,1-2H3,(H,20,23)(H,21,22);1-4H2/t16-;/m0./s1. The molecule has 194 valence electrons. The number of carbonyl (C=O) groups is 2. The largest absolute Gasteiger partial charge is 0.530 e. The molecule has 0 aliphatic carbocycles. The Balaban J connectivity index is 0.00000102. The third-order valence-electron chi connectivity index (χ3n) is 4.45. The Morgan fingerprint density at radius 2 is 1.74 bits per heavy atom. The number of aliphatic carboxylic acids is 1. The number of rotatable bonds is 14. The fraction of sp³-hybridized carbons (Fsp3) is 0.636. The second kappa shape index (κ2) is 17.3. The highest BCUT2D eigenvalue weighted by atomic mass is 31.2.